The molecule has 0 radical (unpaired) electrons. The summed E-state index contributed by atoms with van der Waals surface area (Å²) < 4.78 is 25.7. The van der Waals surface area contributed by atoms with E-state index in [1.165, 1.54) is 5.56 Å². The Kier molecular flexibility index (Phi) is 5.05. The summed E-state index contributed by atoms with van der Waals surface area (Å²) in [6, 6.07) is 12.1. The van der Waals surface area contributed by atoms with Crippen molar-refractivity contribution in [1.82, 2.24) is 14.7 Å². The highest BCUT2D eigenvalue weighted by molar-refractivity contribution is 7.91. The maximum atomic E-state index is 13.2. The predicted octanol–water partition coefficient (Wildman–Crippen LogP) is 3.36. The van der Waals surface area contributed by atoms with Crippen LogP contribution in [0.15, 0.2) is 36.4 Å². The molecule has 1 aliphatic carbocycles. The second-order valence-electron chi connectivity index (χ2n) is 8.84. The van der Waals surface area contributed by atoms with Gasteiger partial charge in [0.1, 0.15) is 5.82 Å². The minimum atomic E-state index is -3.03. The summed E-state index contributed by atoms with van der Waals surface area (Å²) in [6.07, 6.45) is 5.62. The number of nitrogens with zero attached hydrogens (tertiary/aromatic N) is 3. The third-order valence-corrected chi connectivity index (χ3v) is 8.24. The van der Waals surface area contributed by atoms with E-state index < -0.39 is 9.84 Å². The lowest BCUT2D eigenvalue weighted by molar-refractivity contribution is 0.206. The normalized spacial score (nSPS) is 25.5. The number of carbonyl (C=O) groups is 1. The number of likely N-dealkylation sites (tertiary alicyclic amines) is 1. The van der Waals surface area contributed by atoms with E-state index in [-0.39, 0.29) is 29.6 Å². The van der Waals surface area contributed by atoms with Crippen molar-refractivity contribution >= 4 is 21.7 Å². The number of sulfone groups is 1. The first-order chi connectivity index (χ1) is 14.5. The molecule has 3 heterocycles. The van der Waals surface area contributed by atoms with E-state index in [9.17, 15) is 13.2 Å². The lowest BCUT2D eigenvalue weighted by atomic mass is 10.0. The Hall–Kier alpha value is -2.35. The maximum absolute atomic E-state index is 13.2. The van der Waals surface area contributed by atoms with Crippen LogP contribution in [0.3, 0.4) is 0 Å². The molecular formula is C22H28N4O3S. The molecule has 2 saturated heterocycles. The summed E-state index contributed by atoms with van der Waals surface area (Å²) in [6.45, 7) is 0.741. The van der Waals surface area contributed by atoms with Crippen molar-refractivity contribution in [2.75, 3.05) is 23.4 Å². The molecule has 0 unspecified atom stereocenters. The molecule has 2 atom stereocenters. The Morgan fingerprint density at radius 1 is 1.13 bits per heavy atom. The van der Waals surface area contributed by atoms with Gasteiger partial charge in [0.25, 0.3) is 0 Å². The molecule has 1 aromatic heterocycles. The van der Waals surface area contributed by atoms with Crippen LogP contribution in [0.5, 0.6) is 0 Å². The Bertz CT molecular complexity index is 1030. The van der Waals surface area contributed by atoms with Crippen molar-refractivity contribution in [3.63, 3.8) is 0 Å². The van der Waals surface area contributed by atoms with E-state index in [0.29, 0.717) is 18.2 Å². The van der Waals surface area contributed by atoms with Crippen LogP contribution in [0.1, 0.15) is 55.3 Å². The molecular weight excluding hydrogens is 400 g/mol. The van der Waals surface area contributed by atoms with Crippen LogP contribution in [0, 0.1) is 0 Å². The van der Waals surface area contributed by atoms with Gasteiger partial charge < -0.3 is 4.90 Å². The molecule has 8 heteroatoms. The summed E-state index contributed by atoms with van der Waals surface area (Å²) in [7, 11) is -3.03. The number of rotatable bonds is 5. The van der Waals surface area contributed by atoms with Gasteiger partial charge >= 0.3 is 6.03 Å². The molecule has 2 aromatic rings. The first-order valence-corrected chi connectivity index (χ1v) is 12.7. The average Bonchev–Trinajstić information content (AvgIpc) is 3.15. The van der Waals surface area contributed by atoms with Gasteiger partial charge in [-0.2, -0.15) is 5.10 Å². The van der Waals surface area contributed by atoms with E-state index in [1.807, 2.05) is 29.2 Å². The zero-order valence-corrected chi connectivity index (χ0v) is 17.9. The lowest BCUT2D eigenvalue weighted by Gasteiger charge is -2.25. The van der Waals surface area contributed by atoms with Gasteiger partial charge in [-0.05, 0) is 44.1 Å². The van der Waals surface area contributed by atoms with Crippen LogP contribution in [0.4, 0.5) is 10.6 Å². The second kappa shape index (κ2) is 7.72. The molecule has 160 valence electrons. The Balaban J connectivity index is 1.34. The molecule has 1 saturated carbocycles. The fourth-order valence-corrected chi connectivity index (χ4v) is 6.41. The number of hydrogen-bond donors (Lipinski definition) is 1. The van der Waals surface area contributed by atoms with E-state index in [4.69, 9.17) is 5.10 Å². The lowest BCUT2D eigenvalue weighted by Crippen LogP contribution is -2.40. The van der Waals surface area contributed by atoms with Crippen molar-refractivity contribution in [2.45, 2.75) is 56.5 Å². The van der Waals surface area contributed by atoms with Crippen LogP contribution in [0.25, 0.3) is 0 Å². The molecule has 3 fully saturated rings. The number of anilines is 1. The van der Waals surface area contributed by atoms with Gasteiger partial charge in [0, 0.05) is 24.6 Å². The first-order valence-electron chi connectivity index (χ1n) is 10.9. The van der Waals surface area contributed by atoms with E-state index in [1.54, 1.807) is 4.68 Å². The summed E-state index contributed by atoms with van der Waals surface area (Å²) in [5.41, 5.74) is 2.20. The number of carbonyl (C=O) groups excluding carboxylic acids is 1. The highest BCUT2D eigenvalue weighted by Gasteiger charge is 2.35. The largest absolute Gasteiger partial charge is 0.323 e. The molecule has 0 bridgehead atoms. The third kappa shape index (κ3) is 4.10. The van der Waals surface area contributed by atoms with Crippen molar-refractivity contribution in [3.05, 3.63) is 47.7 Å². The average molecular weight is 429 g/mol. The van der Waals surface area contributed by atoms with Crippen LogP contribution < -0.4 is 5.32 Å². The van der Waals surface area contributed by atoms with Gasteiger partial charge in [0.05, 0.1) is 23.2 Å². The zero-order chi connectivity index (χ0) is 20.7. The third-order valence-electron chi connectivity index (χ3n) is 6.49. The van der Waals surface area contributed by atoms with Gasteiger partial charge in [-0.3, -0.25) is 5.32 Å². The highest BCUT2D eigenvalue weighted by Crippen LogP contribution is 2.41. The molecule has 1 N–H and O–H groups in total. The SMILES string of the molecule is O=C(Nc1cc(C2CC2)nn1[C@H]1CCS(=O)(=O)C1)N1CCC[C@@H]1Cc1ccccc1. The van der Waals surface area contributed by atoms with Gasteiger partial charge in [0.15, 0.2) is 9.84 Å². The van der Waals surface area contributed by atoms with Gasteiger partial charge in [-0.1, -0.05) is 30.3 Å². The molecule has 2 aliphatic heterocycles. The van der Waals surface area contributed by atoms with Crippen molar-refractivity contribution in [3.8, 4) is 0 Å². The minimum absolute atomic E-state index is 0.0992. The number of nitrogens with one attached hydrogen (secondary N) is 1. The van der Waals surface area contributed by atoms with Gasteiger partial charge in [0.2, 0.25) is 0 Å². The van der Waals surface area contributed by atoms with Crippen LogP contribution in [0.2, 0.25) is 0 Å². The number of aromatic nitrogens is 2. The number of urea groups is 1. The standard InChI is InChI=1S/C22H28N4O3S/c27-22(25-11-4-7-18(25)13-16-5-2-1-3-6-16)23-21-14-20(17-8-9-17)24-26(21)19-10-12-30(28,29)15-19/h1-3,5-6,14,17-19H,4,7-13,15H2,(H,23,27)/t18-,19+/m1/s1. The summed E-state index contributed by atoms with van der Waals surface area (Å²) >= 11 is 0. The summed E-state index contributed by atoms with van der Waals surface area (Å²) in [4.78, 5) is 15.1. The second-order valence-corrected chi connectivity index (χ2v) is 11.1. The van der Waals surface area contributed by atoms with Crippen molar-refractivity contribution < 1.29 is 13.2 Å². The Morgan fingerprint density at radius 2 is 1.93 bits per heavy atom. The first kappa shape index (κ1) is 19.6. The number of hydrogen-bond acceptors (Lipinski definition) is 4. The molecule has 3 aliphatic rings. The smallest absolute Gasteiger partial charge is 0.321 e. The fraction of sp³-hybridized carbons (Fsp3) is 0.545. The number of benzene rings is 1. The molecule has 1 aromatic carbocycles. The predicted molar refractivity (Wildman–Crippen MR) is 115 cm³/mol. The van der Waals surface area contributed by atoms with Crippen LogP contribution >= 0.6 is 0 Å². The molecule has 30 heavy (non-hydrogen) atoms. The number of amides is 2. The van der Waals surface area contributed by atoms with Crippen LogP contribution in [-0.4, -0.2) is 53.2 Å². The highest BCUT2D eigenvalue weighted by atomic mass is 32.2. The molecule has 2 amide bonds. The molecule has 0 spiro atoms. The van der Waals surface area contributed by atoms with Gasteiger partial charge in [-0.15, -0.1) is 0 Å². The maximum Gasteiger partial charge on any atom is 0.323 e. The summed E-state index contributed by atoms with van der Waals surface area (Å²) in [5, 5.41) is 7.77. The quantitative estimate of drug-likeness (QED) is 0.791. The van der Waals surface area contributed by atoms with E-state index in [0.717, 1.165) is 44.3 Å². The fourth-order valence-electron chi connectivity index (χ4n) is 4.71. The van der Waals surface area contributed by atoms with Crippen molar-refractivity contribution in [1.29, 1.82) is 0 Å². The Labute approximate surface area is 177 Å². The molecule has 5 rings (SSSR count). The van der Waals surface area contributed by atoms with Gasteiger partial charge in [-0.25, -0.2) is 17.9 Å². The van der Waals surface area contributed by atoms with E-state index in [2.05, 4.69) is 17.4 Å². The van der Waals surface area contributed by atoms with Crippen molar-refractivity contribution in [2.24, 2.45) is 0 Å². The van der Waals surface area contributed by atoms with E-state index >= 15 is 0 Å². The monoisotopic (exact) mass is 428 g/mol. The topological polar surface area (TPSA) is 84.3 Å². The van der Waals surface area contributed by atoms with Crippen LogP contribution in [-0.2, 0) is 16.3 Å². The molecule has 7 nitrogen and oxygen atoms in total. The summed E-state index contributed by atoms with van der Waals surface area (Å²) in [5.74, 6) is 1.36. The Morgan fingerprint density at radius 3 is 2.63 bits per heavy atom. The minimum Gasteiger partial charge on any atom is -0.321 e. The zero-order valence-electron chi connectivity index (χ0n) is 17.0.